The lowest BCUT2D eigenvalue weighted by atomic mass is 10.5. The van der Waals surface area contributed by atoms with Crippen LogP contribution >= 0.6 is 0 Å². The van der Waals surface area contributed by atoms with Crippen molar-refractivity contribution in [2.75, 3.05) is 12.4 Å². The number of nitrogens with zero attached hydrogens (tertiary/aromatic N) is 3. The molecule has 0 atom stereocenters. The number of anilines is 1. The number of hydrogen-bond donors (Lipinski definition) is 2. The van der Waals surface area contributed by atoms with Crippen LogP contribution in [-0.2, 0) is 16.6 Å². The number of rotatable bonds is 5. The third-order valence-electron chi connectivity index (χ3n) is 2.29. The SMILES string of the molecule is CNc1cc(S(=O)(=O)NCc2noc(C)n2)ccn1. The van der Waals surface area contributed by atoms with Crippen LogP contribution in [0.2, 0.25) is 0 Å². The quantitative estimate of drug-likeness (QED) is 0.811. The smallest absolute Gasteiger partial charge is 0.241 e. The zero-order valence-corrected chi connectivity index (χ0v) is 11.2. The van der Waals surface area contributed by atoms with Gasteiger partial charge in [0.15, 0.2) is 5.82 Å². The molecule has 19 heavy (non-hydrogen) atoms. The maximum atomic E-state index is 12.0. The predicted molar refractivity (Wildman–Crippen MR) is 66.8 cm³/mol. The van der Waals surface area contributed by atoms with E-state index in [1.807, 2.05) is 0 Å². The molecule has 0 aliphatic carbocycles. The van der Waals surface area contributed by atoms with Crippen molar-refractivity contribution >= 4 is 15.8 Å². The molecule has 0 bridgehead atoms. The molecular weight excluding hydrogens is 270 g/mol. The second kappa shape index (κ2) is 5.33. The Morgan fingerprint density at radius 1 is 1.42 bits per heavy atom. The molecule has 0 radical (unpaired) electrons. The third kappa shape index (κ3) is 3.26. The first-order valence-electron chi connectivity index (χ1n) is 5.44. The lowest BCUT2D eigenvalue weighted by Gasteiger charge is -2.06. The van der Waals surface area contributed by atoms with Crippen LogP contribution in [-0.4, -0.2) is 30.6 Å². The van der Waals surface area contributed by atoms with Gasteiger partial charge in [-0.05, 0) is 6.07 Å². The second-order valence-corrected chi connectivity index (χ2v) is 5.45. The van der Waals surface area contributed by atoms with Crippen LogP contribution in [0.4, 0.5) is 5.82 Å². The van der Waals surface area contributed by atoms with Gasteiger partial charge in [0.2, 0.25) is 15.9 Å². The molecule has 0 saturated carbocycles. The number of pyridine rings is 1. The van der Waals surface area contributed by atoms with E-state index in [-0.39, 0.29) is 17.3 Å². The molecule has 0 aliphatic rings. The van der Waals surface area contributed by atoms with Crippen molar-refractivity contribution in [3.63, 3.8) is 0 Å². The number of hydrogen-bond acceptors (Lipinski definition) is 7. The Kier molecular flexibility index (Phi) is 3.76. The second-order valence-electron chi connectivity index (χ2n) is 3.68. The molecule has 0 saturated heterocycles. The van der Waals surface area contributed by atoms with Crippen LogP contribution in [0.15, 0.2) is 27.7 Å². The van der Waals surface area contributed by atoms with Gasteiger partial charge in [-0.25, -0.2) is 18.1 Å². The van der Waals surface area contributed by atoms with Crippen molar-refractivity contribution in [2.45, 2.75) is 18.4 Å². The zero-order chi connectivity index (χ0) is 13.9. The molecule has 0 spiro atoms. The highest BCUT2D eigenvalue weighted by molar-refractivity contribution is 7.89. The maximum Gasteiger partial charge on any atom is 0.241 e. The summed E-state index contributed by atoms with van der Waals surface area (Å²) in [5, 5.41) is 6.38. The van der Waals surface area contributed by atoms with Crippen molar-refractivity contribution in [2.24, 2.45) is 0 Å². The summed E-state index contributed by atoms with van der Waals surface area (Å²) < 4.78 is 31.2. The molecule has 2 N–H and O–H groups in total. The fourth-order valence-electron chi connectivity index (χ4n) is 1.37. The Morgan fingerprint density at radius 2 is 2.21 bits per heavy atom. The van der Waals surface area contributed by atoms with Gasteiger partial charge in [-0.2, -0.15) is 4.98 Å². The molecule has 0 unspecified atom stereocenters. The molecule has 2 heterocycles. The monoisotopic (exact) mass is 283 g/mol. The van der Waals surface area contributed by atoms with Crippen molar-refractivity contribution in [3.8, 4) is 0 Å². The Labute approximate surface area is 110 Å². The normalized spacial score (nSPS) is 11.5. The van der Waals surface area contributed by atoms with Gasteiger partial charge < -0.3 is 9.84 Å². The van der Waals surface area contributed by atoms with Crippen LogP contribution in [0.25, 0.3) is 0 Å². The summed E-state index contributed by atoms with van der Waals surface area (Å²) in [5.41, 5.74) is 0. The largest absolute Gasteiger partial charge is 0.373 e. The van der Waals surface area contributed by atoms with Crippen LogP contribution in [0, 0.1) is 6.92 Å². The lowest BCUT2D eigenvalue weighted by Crippen LogP contribution is -2.24. The standard InChI is InChI=1S/C10H13N5O3S/c1-7-14-10(15-18-7)6-13-19(16,17)8-3-4-12-9(5-8)11-2/h3-5,13H,6H2,1-2H3,(H,11,12). The van der Waals surface area contributed by atoms with E-state index >= 15 is 0 Å². The number of nitrogens with one attached hydrogen (secondary N) is 2. The molecule has 0 aromatic carbocycles. The fourth-order valence-corrected chi connectivity index (χ4v) is 2.36. The highest BCUT2D eigenvalue weighted by atomic mass is 32.2. The van der Waals surface area contributed by atoms with E-state index in [4.69, 9.17) is 4.52 Å². The first-order valence-corrected chi connectivity index (χ1v) is 6.92. The number of aryl methyl sites for hydroxylation is 1. The van der Waals surface area contributed by atoms with Gasteiger partial charge in [0.25, 0.3) is 0 Å². The van der Waals surface area contributed by atoms with Gasteiger partial charge in [-0.15, -0.1) is 0 Å². The minimum atomic E-state index is -3.63. The van der Waals surface area contributed by atoms with E-state index in [9.17, 15) is 8.42 Å². The highest BCUT2D eigenvalue weighted by Crippen LogP contribution is 2.12. The highest BCUT2D eigenvalue weighted by Gasteiger charge is 2.15. The van der Waals surface area contributed by atoms with E-state index in [1.54, 1.807) is 14.0 Å². The molecule has 102 valence electrons. The van der Waals surface area contributed by atoms with Gasteiger partial charge in [-0.1, -0.05) is 5.16 Å². The van der Waals surface area contributed by atoms with Crippen molar-refractivity contribution in [3.05, 3.63) is 30.0 Å². The summed E-state index contributed by atoms with van der Waals surface area (Å²) in [4.78, 5) is 7.98. The van der Waals surface area contributed by atoms with Gasteiger partial charge in [0, 0.05) is 26.2 Å². The predicted octanol–water partition coefficient (Wildman–Crippen LogP) is 0.293. The summed E-state index contributed by atoms with van der Waals surface area (Å²) in [6.07, 6.45) is 1.42. The van der Waals surface area contributed by atoms with Crippen LogP contribution < -0.4 is 10.0 Å². The molecule has 2 aromatic rings. The van der Waals surface area contributed by atoms with Crippen molar-refractivity contribution in [1.29, 1.82) is 0 Å². The Bertz CT molecular complexity index is 667. The summed E-state index contributed by atoms with van der Waals surface area (Å²) in [6.45, 7) is 1.60. The lowest BCUT2D eigenvalue weighted by molar-refractivity contribution is 0.387. The van der Waals surface area contributed by atoms with E-state index in [0.717, 1.165) is 0 Å². The average Bonchev–Trinajstić information content (AvgIpc) is 2.82. The van der Waals surface area contributed by atoms with Gasteiger partial charge in [0.05, 0.1) is 11.4 Å². The summed E-state index contributed by atoms with van der Waals surface area (Å²) in [5.74, 6) is 1.14. The summed E-state index contributed by atoms with van der Waals surface area (Å²) in [7, 11) is -1.97. The summed E-state index contributed by atoms with van der Waals surface area (Å²) >= 11 is 0. The van der Waals surface area contributed by atoms with Gasteiger partial charge in [0.1, 0.15) is 5.82 Å². The maximum absolute atomic E-state index is 12.0. The summed E-state index contributed by atoms with van der Waals surface area (Å²) in [6, 6.07) is 2.84. The molecule has 0 amide bonds. The molecular formula is C10H13N5O3S. The van der Waals surface area contributed by atoms with Crippen LogP contribution in [0.5, 0.6) is 0 Å². The first kappa shape index (κ1) is 13.4. The molecule has 0 aliphatic heterocycles. The first-order chi connectivity index (χ1) is 9.01. The van der Waals surface area contributed by atoms with E-state index in [0.29, 0.717) is 11.7 Å². The van der Waals surface area contributed by atoms with Gasteiger partial charge in [-0.3, -0.25) is 0 Å². The minimum Gasteiger partial charge on any atom is -0.373 e. The average molecular weight is 283 g/mol. The molecule has 2 rings (SSSR count). The topological polar surface area (TPSA) is 110 Å². The minimum absolute atomic E-state index is 0.0309. The van der Waals surface area contributed by atoms with Crippen LogP contribution in [0.1, 0.15) is 11.7 Å². The van der Waals surface area contributed by atoms with E-state index in [1.165, 1.54) is 18.3 Å². The Balaban J connectivity index is 2.13. The third-order valence-corrected chi connectivity index (χ3v) is 3.69. The van der Waals surface area contributed by atoms with Crippen molar-refractivity contribution < 1.29 is 12.9 Å². The van der Waals surface area contributed by atoms with E-state index in [2.05, 4.69) is 25.2 Å². The molecule has 9 heteroatoms. The van der Waals surface area contributed by atoms with Crippen LogP contribution in [0.3, 0.4) is 0 Å². The van der Waals surface area contributed by atoms with Gasteiger partial charge >= 0.3 is 0 Å². The number of aromatic nitrogens is 3. The van der Waals surface area contributed by atoms with Crippen molar-refractivity contribution in [1.82, 2.24) is 19.8 Å². The molecule has 0 fully saturated rings. The fraction of sp³-hybridized carbons (Fsp3) is 0.300. The van der Waals surface area contributed by atoms with E-state index < -0.39 is 10.0 Å². The Morgan fingerprint density at radius 3 is 2.84 bits per heavy atom. The number of sulfonamides is 1. The molecule has 2 aromatic heterocycles. The zero-order valence-electron chi connectivity index (χ0n) is 10.4. The molecule has 8 nitrogen and oxygen atoms in total. The Hall–Kier alpha value is -2.00.